The van der Waals surface area contributed by atoms with Gasteiger partial charge < -0.3 is 10.5 Å². The number of hydrogen-bond acceptors (Lipinski definition) is 3. The van der Waals surface area contributed by atoms with Crippen LogP contribution in [-0.2, 0) is 6.42 Å². The Bertz CT molecular complexity index is 623. The van der Waals surface area contributed by atoms with Crippen LogP contribution in [0.25, 0.3) is 0 Å². The molecule has 0 bridgehead atoms. The van der Waals surface area contributed by atoms with Crippen molar-refractivity contribution in [3.8, 4) is 11.6 Å². The number of aromatic nitrogens is 1. The Morgan fingerprint density at radius 3 is 2.52 bits per heavy atom. The fourth-order valence-corrected chi connectivity index (χ4v) is 2.30. The summed E-state index contributed by atoms with van der Waals surface area (Å²) in [6.45, 7) is 8.24. The van der Waals surface area contributed by atoms with Gasteiger partial charge in [0.1, 0.15) is 5.75 Å². The number of pyridine rings is 1. The zero-order chi connectivity index (χ0) is 15.4. The number of nitrogens with two attached hydrogens (primary N) is 1. The van der Waals surface area contributed by atoms with Crippen molar-refractivity contribution in [1.82, 2.24) is 4.98 Å². The minimum atomic E-state index is 0.192. The molecule has 2 aromatic rings. The van der Waals surface area contributed by atoms with Crippen molar-refractivity contribution in [3.05, 3.63) is 52.7 Å². The standard InChI is InChI=1S/C18H24N2O/c1-5-16(19)10-15-9-14(4)18(20-11-15)21-17-7-6-12(2)8-13(17)3/h6-9,11,16H,5,10,19H2,1-4H3. The molecule has 1 aromatic heterocycles. The number of nitrogens with zero attached hydrogens (tertiary/aromatic N) is 1. The van der Waals surface area contributed by atoms with E-state index >= 15 is 0 Å². The SMILES string of the molecule is CCC(N)Cc1cnc(Oc2ccc(C)cc2C)c(C)c1. The van der Waals surface area contributed by atoms with E-state index in [1.54, 1.807) is 0 Å². The Kier molecular flexibility index (Phi) is 4.97. The van der Waals surface area contributed by atoms with Crippen LogP contribution in [0.3, 0.4) is 0 Å². The van der Waals surface area contributed by atoms with Crippen LogP contribution in [0.4, 0.5) is 0 Å². The molecule has 2 rings (SSSR count). The van der Waals surface area contributed by atoms with Crippen LogP contribution in [0.5, 0.6) is 11.6 Å². The van der Waals surface area contributed by atoms with Crippen molar-refractivity contribution in [1.29, 1.82) is 0 Å². The Morgan fingerprint density at radius 1 is 1.14 bits per heavy atom. The summed E-state index contributed by atoms with van der Waals surface area (Å²) in [7, 11) is 0. The normalized spacial score (nSPS) is 12.2. The summed E-state index contributed by atoms with van der Waals surface area (Å²) in [6.07, 6.45) is 3.69. The first-order valence-electron chi connectivity index (χ1n) is 7.45. The molecule has 0 fully saturated rings. The molecule has 0 spiro atoms. The van der Waals surface area contributed by atoms with Crippen molar-refractivity contribution in [2.24, 2.45) is 5.73 Å². The van der Waals surface area contributed by atoms with Crippen LogP contribution in [-0.4, -0.2) is 11.0 Å². The van der Waals surface area contributed by atoms with Crippen LogP contribution < -0.4 is 10.5 Å². The zero-order valence-electron chi connectivity index (χ0n) is 13.3. The molecular weight excluding hydrogens is 260 g/mol. The van der Waals surface area contributed by atoms with E-state index in [1.165, 1.54) is 5.56 Å². The molecule has 0 saturated heterocycles. The van der Waals surface area contributed by atoms with Crippen LogP contribution in [0.2, 0.25) is 0 Å². The average Bonchev–Trinajstić information content (AvgIpc) is 2.44. The highest BCUT2D eigenvalue weighted by Gasteiger charge is 2.08. The molecule has 0 aliphatic carbocycles. The smallest absolute Gasteiger partial charge is 0.222 e. The van der Waals surface area contributed by atoms with E-state index in [2.05, 4.69) is 31.0 Å². The van der Waals surface area contributed by atoms with E-state index in [0.717, 1.165) is 35.3 Å². The fourth-order valence-electron chi connectivity index (χ4n) is 2.30. The molecule has 0 saturated carbocycles. The molecule has 3 heteroatoms. The molecule has 21 heavy (non-hydrogen) atoms. The topological polar surface area (TPSA) is 48.1 Å². The van der Waals surface area contributed by atoms with Crippen LogP contribution in [0.1, 0.15) is 35.6 Å². The zero-order valence-corrected chi connectivity index (χ0v) is 13.3. The molecule has 2 N–H and O–H groups in total. The minimum absolute atomic E-state index is 0.192. The maximum Gasteiger partial charge on any atom is 0.222 e. The van der Waals surface area contributed by atoms with Gasteiger partial charge in [0.05, 0.1) is 0 Å². The number of aryl methyl sites for hydroxylation is 3. The highest BCUT2D eigenvalue weighted by Crippen LogP contribution is 2.27. The lowest BCUT2D eigenvalue weighted by Gasteiger charge is -2.13. The van der Waals surface area contributed by atoms with E-state index < -0.39 is 0 Å². The second-order valence-electron chi connectivity index (χ2n) is 5.71. The first-order chi connectivity index (χ1) is 9.99. The number of hydrogen-bond donors (Lipinski definition) is 1. The molecule has 1 aromatic carbocycles. The minimum Gasteiger partial charge on any atom is -0.438 e. The summed E-state index contributed by atoms with van der Waals surface area (Å²) in [5.74, 6) is 1.52. The van der Waals surface area contributed by atoms with Gasteiger partial charge in [0.15, 0.2) is 0 Å². The Morgan fingerprint density at radius 2 is 1.90 bits per heavy atom. The third-order valence-corrected chi connectivity index (χ3v) is 3.65. The molecule has 112 valence electrons. The van der Waals surface area contributed by atoms with Crippen LogP contribution in [0.15, 0.2) is 30.5 Å². The molecular formula is C18H24N2O. The lowest BCUT2D eigenvalue weighted by Crippen LogP contribution is -2.21. The van der Waals surface area contributed by atoms with Gasteiger partial charge in [0.25, 0.3) is 0 Å². The monoisotopic (exact) mass is 284 g/mol. The summed E-state index contributed by atoms with van der Waals surface area (Å²) in [6, 6.07) is 8.46. The summed E-state index contributed by atoms with van der Waals surface area (Å²) in [5, 5.41) is 0. The first kappa shape index (κ1) is 15.5. The largest absolute Gasteiger partial charge is 0.438 e. The quantitative estimate of drug-likeness (QED) is 0.900. The summed E-state index contributed by atoms with van der Waals surface area (Å²) in [5.41, 5.74) is 10.5. The Hall–Kier alpha value is -1.87. The van der Waals surface area contributed by atoms with Crippen molar-refractivity contribution < 1.29 is 4.74 Å². The van der Waals surface area contributed by atoms with Gasteiger partial charge in [-0.1, -0.05) is 24.6 Å². The van der Waals surface area contributed by atoms with E-state index in [1.807, 2.05) is 32.2 Å². The summed E-state index contributed by atoms with van der Waals surface area (Å²) in [4.78, 5) is 4.45. The van der Waals surface area contributed by atoms with Gasteiger partial charge in [0, 0.05) is 17.8 Å². The molecule has 0 radical (unpaired) electrons. The summed E-state index contributed by atoms with van der Waals surface area (Å²) >= 11 is 0. The predicted molar refractivity (Wildman–Crippen MR) is 86.9 cm³/mol. The number of rotatable bonds is 5. The van der Waals surface area contributed by atoms with E-state index in [0.29, 0.717) is 5.88 Å². The molecule has 0 amide bonds. The third-order valence-electron chi connectivity index (χ3n) is 3.65. The lowest BCUT2D eigenvalue weighted by molar-refractivity contribution is 0.454. The van der Waals surface area contributed by atoms with Gasteiger partial charge in [0.2, 0.25) is 5.88 Å². The Labute approximate surface area is 127 Å². The second-order valence-corrected chi connectivity index (χ2v) is 5.71. The maximum atomic E-state index is 5.99. The van der Waals surface area contributed by atoms with Gasteiger partial charge in [-0.3, -0.25) is 0 Å². The van der Waals surface area contributed by atoms with Crippen LogP contribution >= 0.6 is 0 Å². The van der Waals surface area contributed by atoms with Gasteiger partial charge >= 0.3 is 0 Å². The van der Waals surface area contributed by atoms with Crippen molar-refractivity contribution >= 4 is 0 Å². The van der Waals surface area contributed by atoms with E-state index in [-0.39, 0.29) is 6.04 Å². The molecule has 1 heterocycles. The predicted octanol–water partition coefficient (Wildman–Crippen LogP) is 4.08. The Balaban J connectivity index is 2.17. The van der Waals surface area contributed by atoms with Crippen molar-refractivity contribution in [2.75, 3.05) is 0 Å². The fraction of sp³-hybridized carbons (Fsp3) is 0.389. The molecule has 1 atom stereocenters. The second kappa shape index (κ2) is 6.72. The van der Waals surface area contributed by atoms with Gasteiger partial charge in [-0.25, -0.2) is 4.98 Å². The first-order valence-corrected chi connectivity index (χ1v) is 7.45. The number of ether oxygens (including phenoxy) is 1. The van der Waals surface area contributed by atoms with Gasteiger partial charge in [-0.15, -0.1) is 0 Å². The highest BCUT2D eigenvalue weighted by atomic mass is 16.5. The van der Waals surface area contributed by atoms with Crippen molar-refractivity contribution in [2.45, 2.75) is 46.6 Å². The average molecular weight is 284 g/mol. The van der Waals surface area contributed by atoms with Gasteiger partial charge in [-0.05, 0) is 56.9 Å². The molecule has 0 aliphatic heterocycles. The highest BCUT2D eigenvalue weighted by molar-refractivity contribution is 5.40. The van der Waals surface area contributed by atoms with Gasteiger partial charge in [-0.2, -0.15) is 0 Å². The molecule has 0 aliphatic rings. The number of benzene rings is 1. The molecule has 3 nitrogen and oxygen atoms in total. The third kappa shape index (κ3) is 4.05. The van der Waals surface area contributed by atoms with E-state index in [4.69, 9.17) is 10.5 Å². The molecule has 1 unspecified atom stereocenters. The lowest BCUT2D eigenvalue weighted by atomic mass is 10.1. The maximum absolute atomic E-state index is 5.99. The van der Waals surface area contributed by atoms with Crippen LogP contribution in [0, 0.1) is 20.8 Å². The van der Waals surface area contributed by atoms with E-state index in [9.17, 15) is 0 Å². The van der Waals surface area contributed by atoms with Crippen molar-refractivity contribution in [3.63, 3.8) is 0 Å². The summed E-state index contributed by atoms with van der Waals surface area (Å²) < 4.78 is 5.94.